The van der Waals surface area contributed by atoms with Crippen LogP contribution in [0.2, 0.25) is 0 Å². The standard InChI is InChI=1S/C18H14O3S/c1-11-16(19)12-7-3-4-8-13(12)17(20)18(11)22-15-10-6-5-9-14(15)21-2/h3-10H,1-2H3. The summed E-state index contributed by atoms with van der Waals surface area (Å²) in [5, 5.41) is 0. The number of ketones is 2. The zero-order valence-corrected chi connectivity index (χ0v) is 13.1. The lowest BCUT2D eigenvalue weighted by molar-refractivity contribution is 0.0981. The Kier molecular flexibility index (Phi) is 3.86. The predicted octanol–water partition coefficient (Wildman–Crippen LogP) is 4.14. The van der Waals surface area contributed by atoms with Crippen LogP contribution in [0.1, 0.15) is 27.6 Å². The molecule has 2 aromatic rings. The number of thioether (sulfide) groups is 1. The number of allylic oxidation sites excluding steroid dienone is 2. The maximum absolute atomic E-state index is 12.7. The summed E-state index contributed by atoms with van der Waals surface area (Å²) >= 11 is 1.28. The van der Waals surface area contributed by atoms with Crippen LogP contribution in [0.3, 0.4) is 0 Å². The van der Waals surface area contributed by atoms with E-state index >= 15 is 0 Å². The number of ether oxygens (including phenoxy) is 1. The van der Waals surface area contributed by atoms with Gasteiger partial charge in [-0.1, -0.05) is 48.2 Å². The van der Waals surface area contributed by atoms with Crippen LogP contribution >= 0.6 is 11.8 Å². The first kappa shape index (κ1) is 14.6. The van der Waals surface area contributed by atoms with Gasteiger partial charge in [-0.15, -0.1) is 0 Å². The molecule has 3 rings (SSSR count). The molecule has 4 heteroatoms. The van der Waals surface area contributed by atoms with Crippen molar-refractivity contribution in [3.05, 3.63) is 70.1 Å². The van der Waals surface area contributed by atoms with E-state index in [-0.39, 0.29) is 11.6 Å². The van der Waals surface area contributed by atoms with Crippen molar-refractivity contribution in [2.24, 2.45) is 0 Å². The Morgan fingerprint density at radius 3 is 2.14 bits per heavy atom. The van der Waals surface area contributed by atoms with Crippen LogP contribution < -0.4 is 4.74 Å². The average Bonchev–Trinajstić information content (AvgIpc) is 2.57. The number of rotatable bonds is 3. The highest BCUT2D eigenvalue weighted by Gasteiger charge is 2.30. The van der Waals surface area contributed by atoms with Gasteiger partial charge in [-0.2, -0.15) is 0 Å². The van der Waals surface area contributed by atoms with Crippen molar-refractivity contribution in [2.45, 2.75) is 11.8 Å². The van der Waals surface area contributed by atoms with Crippen molar-refractivity contribution in [2.75, 3.05) is 7.11 Å². The van der Waals surface area contributed by atoms with Gasteiger partial charge in [-0.05, 0) is 19.1 Å². The number of benzene rings is 2. The third-order valence-corrected chi connectivity index (χ3v) is 4.84. The number of hydrogen-bond acceptors (Lipinski definition) is 4. The molecule has 0 amide bonds. The molecule has 0 saturated carbocycles. The summed E-state index contributed by atoms with van der Waals surface area (Å²) < 4.78 is 5.31. The van der Waals surface area contributed by atoms with Gasteiger partial charge in [-0.3, -0.25) is 9.59 Å². The molecular weight excluding hydrogens is 296 g/mol. The second-order valence-corrected chi connectivity index (χ2v) is 5.96. The SMILES string of the molecule is COc1ccccc1SC1=C(C)C(=O)c2ccccc2C1=O. The second kappa shape index (κ2) is 5.81. The van der Waals surface area contributed by atoms with Crippen LogP contribution in [0.5, 0.6) is 5.75 Å². The number of hydrogen-bond donors (Lipinski definition) is 0. The molecule has 0 unspecified atom stereocenters. The maximum Gasteiger partial charge on any atom is 0.200 e. The lowest BCUT2D eigenvalue weighted by atomic mass is 9.90. The molecule has 0 aromatic heterocycles. The van der Waals surface area contributed by atoms with E-state index in [2.05, 4.69) is 0 Å². The van der Waals surface area contributed by atoms with E-state index in [1.54, 1.807) is 38.3 Å². The molecule has 110 valence electrons. The molecule has 22 heavy (non-hydrogen) atoms. The topological polar surface area (TPSA) is 43.4 Å². The third-order valence-electron chi connectivity index (χ3n) is 3.58. The first-order valence-electron chi connectivity index (χ1n) is 6.83. The monoisotopic (exact) mass is 310 g/mol. The Bertz CT molecular complexity index is 805. The minimum absolute atomic E-state index is 0.0902. The molecule has 0 heterocycles. The van der Waals surface area contributed by atoms with Crippen LogP contribution in [0.15, 0.2) is 63.9 Å². The van der Waals surface area contributed by atoms with Crippen molar-refractivity contribution in [3.63, 3.8) is 0 Å². The van der Waals surface area contributed by atoms with E-state index in [9.17, 15) is 9.59 Å². The summed E-state index contributed by atoms with van der Waals surface area (Å²) in [4.78, 5) is 26.5. The molecule has 1 aliphatic carbocycles. The Balaban J connectivity index is 2.06. The Hall–Kier alpha value is -2.33. The molecule has 0 saturated heterocycles. The number of carbonyl (C=O) groups is 2. The molecule has 0 aliphatic heterocycles. The first-order valence-corrected chi connectivity index (χ1v) is 7.65. The highest BCUT2D eigenvalue weighted by molar-refractivity contribution is 8.04. The van der Waals surface area contributed by atoms with Gasteiger partial charge in [0.15, 0.2) is 5.78 Å². The summed E-state index contributed by atoms with van der Waals surface area (Å²) in [5.74, 6) is 0.489. The fraction of sp³-hybridized carbons (Fsp3) is 0.111. The summed E-state index contributed by atoms with van der Waals surface area (Å²) in [7, 11) is 1.59. The van der Waals surface area contributed by atoms with E-state index in [0.29, 0.717) is 27.4 Å². The van der Waals surface area contributed by atoms with Crippen LogP contribution in [0.25, 0.3) is 0 Å². The van der Waals surface area contributed by atoms with Gasteiger partial charge in [0.25, 0.3) is 0 Å². The highest BCUT2D eigenvalue weighted by Crippen LogP contribution is 2.40. The summed E-state index contributed by atoms with van der Waals surface area (Å²) in [6.07, 6.45) is 0. The molecular formula is C18H14O3S. The van der Waals surface area contributed by atoms with E-state index in [4.69, 9.17) is 4.74 Å². The number of para-hydroxylation sites is 1. The first-order chi connectivity index (χ1) is 10.6. The lowest BCUT2D eigenvalue weighted by Gasteiger charge is -2.19. The van der Waals surface area contributed by atoms with E-state index in [0.717, 1.165) is 4.90 Å². The fourth-order valence-corrected chi connectivity index (χ4v) is 3.48. The fourth-order valence-electron chi connectivity index (χ4n) is 2.41. The molecule has 0 atom stereocenters. The minimum atomic E-state index is -0.108. The van der Waals surface area contributed by atoms with Gasteiger partial charge in [-0.25, -0.2) is 0 Å². The van der Waals surface area contributed by atoms with Gasteiger partial charge in [0.2, 0.25) is 5.78 Å². The largest absolute Gasteiger partial charge is 0.496 e. The van der Waals surface area contributed by atoms with Gasteiger partial charge < -0.3 is 4.74 Å². The van der Waals surface area contributed by atoms with Crippen molar-refractivity contribution >= 4 is 23.3 Å². The van der Waals surface area contributed by atoms with Gasteiger partial charge in [0, 0.05) is 16.7 Å². The molecule has 0 N–H and O–H groups in total. The normalized spacial score (nSPS) is 14.1. The summed E-state index contributed by atoms with van der Waals surface area (Å²) in [5.41, 5.74) is 1.43. The zero-order chi connectivity index (χ0) is 15.7. The Labute approximate surface area is 133 Å². The zero-order valence-electron chi connectivity index (χ0n) is 12.3. The smallest absolute Gasteiger partial charge is 0.200 e. The molecule has 0 spiro atoms. The summed E-state index contributed by atoms with van der Waals surface area (Å²) in [6, 6.07) is 14.4. The van der Waals surface area contributed by atoms with Gasteiger partial charge in [0.05, 0.1) is 16.9 Å². The number of Topliss-reactive ketones (excluding diaryl/α,β-unsaturated/α-hetero) is 2. The quantitative estimate of drug-likeness (QED) is 0.854. The van der Waals surface area contributed by atoms with Crippen LogP contribution in [-0.4, -0.2) is 18.7 Å². The Morgan fingerprint density at radius 1 is 0.864 bits per heavy atom. The average molecular weight is 310 g/mol. The number of methoxy groups -OCH3 is 1. The van der Waals surface area contributed by atoms with E-state index in [1.807, 2.05) is 24.3 Å². The Morgan fingerprint density at radius 2 is 1.45 bits per heavy atom. The van der Waals surface area contributed by atoms with E-state index in [1.165, 1.54) is 11.8 Å². The molecule has 3 nitrogen and oxygen atoms in total. The number of carbonyl (C=O) groups excluding carboxylic acids is 2. The number of fused-ring (bicyclic) bond motifs is 1. The third kappa shape index (κ3) is 2.35. The van der Waals surface area contributed by atoms with Crippen molar-refractivity contribution in [1.82, 2.24) is 0 Å². The van der Waals surface area contributed by atoms with Crippen LogP contribution in [-0.2, 0) is 0 Å². The molecule has 0 radical (unpaired) electrons. The predicted molar refractivity (Wildman–Crippen MR) is 86.7 cm³/mol. The second-order valence-electron chi connectivity index (χ2n) is 4.91. The van der Waals surface area contributed by atoms with Crippen molar-refractivity contribution in [1.29, 1.82) is 0 Å². The molecule has 0 fully saturated rings. The minimum Gasteiger partial charge on any atom is -0.496 e. The van der Waals surface area contributed by atoms with Crippen LogP contribution in [0, 0.1) is 0 Å². The molecule has 2 aromatic carbocycles. The van der Waals surface area contributed by atoms with Crippen molar-refractivity contribution in [3.8, 4) is 5.75 Å². The van der Waals surface area contributed by atoms with E-state index < -0.39 is 0 Å². The summed E-state index contributed by atoms with van der Waals surface area (Å²) in [6.45, 7) is 1.70. The molecule has 0 bridgehead atoms. The van der Waals surface area contributed by atoms with Crippen molar-refractivity contribution < 1.29 is 14.3 Å². The van der Waals surface area contributed by atoms with Gasteiger partial charge in [0.1, 0.15) is 5.75 Å². The van der Waals surface area contributed by atoms with Crippen LogP contribution in [0.4, 0.5) is 0 Å². The highest BCUT2D eigenvalue weighted by atomic mass is 32.2. The van der Waals surface area contributed by atoms with Gasteiger partial charge >= 0.3 is 0 Å². The lowest BCUT2D eigenvalue weighted by Crippen LogP contribution is -2.19. The maximum atomic E-state index is 12.7. The molecule has 1 aliphatic rings.